The molecule has 11 heteroatoms. The van der Waals surface area contributed by atoms with Crippen LogP contribution in [-0.2, 0) is 10.0 Å². The predicted octanol–water partition coefficient (Wildman–Crippen LogP) is 3.88. The first kappa shape index (κ1) is 24.9. The fraction of sp³-hybridized carbons (Fsp3) is 0.200. The molecule has 3 aromatic carbocycles. The van der Waals surface area contributed by atoms with Crippen LogP contribution in [0.4, 0.5) is 34.5 Å². The van der Waals surface area contributed by atoms with Gasteiger partial charge in [-0.2, -0.15) is 4.98 Å². The average Bonchev–Trinajstić information content (AvgIpc) is 2.82. The van der Waals surface area contributed by atoms with Crippen molar-refractivity contribution in [2.75, 3.05) is 20.7 Å². The molecule has 1 heterocycles. The van der Waals surface area contributed by atoms with Crippen molar-refractivity contribution in [3.05, 3.63) is 86.8 Å². The minimum Gasteiger partial charge on any atom is -0.375 e. The molecule has 1 aromatic heterocycles. The first-order chi connectivity index (χ1) is 16.9. The number of hydrogen-bond acceptors (Lipinski definition) is 9. The molecule has 0 atom stereocenters. The lowest BCUT2D eigenvalue weighted by Gasteiger charge is -2.24. The van der Waals surface area contributed by atoms with Crippen LogP contribution in [0.3, 0.4) is 0 Å². The van der Waals surface area contributed by atoms with Gasteiger partial charge < -0.3 is 16.0 Å². The fourth-order valence-electron chi connectivity index (χ4n) is 3.30. The minimum absolute atomic E-state index is 0.157. The minimum atomic E-state index is -3.70. The van der Waals surface area contributed by atoms with Crippen LogP contribution in [-0.4, -0.2) is 23.9 Å². The Morgan fingerprint density at radius 2 is 1.39 bits per heavy atom. The van der Waals surface area contributed by atoms with E-state index in [2.05, 4.69) is 30.6 Å². The molecule has 4 rings (SSSR count). The fourth-order valence-corrected chi connectivity index (χ4v) is 4.36. The molecule has 0 aliphatic heterocycles. The standard InChI is InChI=1S/C25H26N6O4S/c1-15-5-11-18(12-6-15)36(34,35)31-17-9-7-16(8-10-17)27-24-26-14-13-19(29-24)28-20-21(23(33)22(20)32)30-25(2,3)4/h5-14,30-31H,1-4H3,(H2,26,27,28,29). The van der Waals surface area contributed by atoms with Gasteiger partial charge in [-0.1, -0.05) is 17.7 Å². The van der Waals surface area contributed by atoms with Gasteiger partial charge in [0, 0.05) is 23.1 Å². The molecule has 186 valence electrons. The molecule has 0 bridgehead atoms. The van der Waals surface area contributed by atoms with Crippen LogP contribution in [0.2, 0.25) is 0 Å². The lowest BCUT2D eigenvalue weighted by Crippen LogP contribution is -2.41. The highest BCUT2D eigenvalue weighted by molar-refractivity contribution is 7.92. The summed E-state index contributed by atoms with van der Waals surface area (Å²) in [6, 6.07) is 14.7. The number of nitrogens with zero attached hydrogens (tertiary/aromatic N) is 2. The highest BCUT2D eigenvalue weighted by Gasteiger charge is 2.25. The molecular formula is C25H26N6O4S. The highest BCUT2D eigenvalue weighted by Crippen LogP contribution is 2.24. The maximum atomic E-state index is 12.6. The molecule has 4 aromatic rings. The van der Waals surface area contributed by atoms with E-state index in [9.17, 15) is 18.0 Å². The summed E-state index contributed by atoms with van der Waals surface area (Å²) in [5.74, 6) is 0.580. The van der Waals surface area contributed by atoms with Gasteiger partial charge in [-0.25, -0.2) is 13.4 Å². The summed E-state index contributed by atoms with van der Waals surface area (Å²) in [4.78, 5) is 32.7. The maximum Gasteiger partial charge on any atom is 0.261 e. The monoisotopic (exact) mass is 506 g/mol. The molecular weight excluding hydrogens is 480 g/mol. The van der Waals surface area contributed by atoms with Crippen molar-refractivity contribution in [2.45, 2.75) is 38.1 Å². The zero-order valence-electron chi connectivity index (χ0n) is 20.2. The van der Waals surface area contributed by atoms with Crippen LogP contribution in [0.25, 0.3) is 0 Å². The Morgan fingerprint density at radius 1 is 0.778 bits per heavy atom. The molecule has 10 nitrogen and oxygen atoms in total. The third-order valence-corrected chi connectivity index (χ3v) is 6.44. The van der Waals surface area contributed by atoms with E-state index >= 15 is 0 Å². The molecule has 0 aliphatic carbocycles. The molecule has 0 radical (unpaired) electrons. The summed E-state index contributed by atoms with van der Waals surface area (Å²) in [6.07, 6.45) is 1.50. The summed E-state index contributed by atoms with van der Waals surface area (Å²) < 4.78 is 27.7. The van der Waals surface area contributed by atoms with Crippen molar-refractivity contribution < 1.29 is 8.42 Å². The summed E-state index contributed by atoms with van der Waals surface area (Å²) in [6.45, 7) is 7.55. The van der Waals surface area contributed by atoms with E-state index < -0.39 is 26.4 Å². The molecule has 36 heavy (non-hydrogen) atoms. The van der Waals surface area contributed by atoms with Gasteiger partial charge in [-0.05, 0) is 70.2 Å². The van der Waals surface area contributed by atoms with E-state index in [1.165, 1.54) is 6.20 Å². The van der Waals surface area contributed by atoms with E-state index in [4.69, 9.17) is 0 Å². The molecule has 0 saturated carbocycles. The second-order valence-corrected chi connectivity index (χ2v) is 11.0. The number of sulfonamides is 1. The lowest BCUT2D eigenvalue weighted by atomic mass is 10.1. The van der Waals surface area contributed by atoms with Crippen LogP contribution >= 0.6 is 0 Å². The van der Waals surface area contributed by atoms with Gasteiger partial charge in [0.25, 0.3) is 20.9 Å². The number of aromatic nitrogens is 2. The third-order valence-electron chi connectivity index (χ3n) is 5.04. The molecule has 0 saturated heterocycles. The Labute approximate surface area is 208 Å². The van der Waals surface area contributed by atoms with Crippen molar-refractivity contribution >= 4 is 44.5 Å². The zero-order valence-corrected chi connectivity index (χ0v) is 21.0. The number of aryl methyl sites for hydroxylation is 1. The Bertz CT molecular complexity index is 1570. The summed E-state index contributed by atoms with van der Waals surface area (Å²) in [5, 5.41) is 8.95. The molecule has 0 fully saturated rings. The van der Waals surface area contributed by atoms with Crippen LogP contribution in [0.1, 0.15) is 26.3 Å². The number of benzene rings is 2. The molecule has 0 unspecified atom stereocenters. The molecule has 0 spiro atoms. The Morgan fingerprint density at radius 3 is 2.03 bits per heavy atom. The average molecular weight is 507 g/mol. The Kier molecular flexibility index (Phi) is 6.51. The normalized spacial score (nSPS) is 11.8. The van der Waals surface area contributed by atoms with Crippen molar-refractivity contribution in [3.8, 4) is 0 Å². The molecule has 0 aliphatic rings. The van der Waals surface area contributed by atoms with Crippen molar-refractivity contribution in [1.29, 1.82) is 0 Å². The van der Waals surface area contributed by atoms with Gasteiger partial charge in [0.15, 0.2) is 0 Å². The highest BCUT2D eigenvalue weighted by atomic mass is 32.2. The van der Waals surface area contributed by atoms with E-state index in [-0.39, 0.29) is 22.2 Å². The van der Waals surface area contributed by atoms with E-state index in [1.54, 1.807) is 54.6 Å². The maximum absolute atomic E-state index is 12.6. The van der Waals surface area contributed by atoms with Crippen LogP contribution in [0.15, 0.2) is 75.3 Å². The molecule has 0 amide bonds. The second-order valence-electron chi connectivity index (χ2n) is 9.29. The Hall–Kier alpha value is -4.25. The third kappa shape index (κ3) is 5.69. The predicted molar refractivity (Wildman–Crippen MR) is 142 cm³/mol. The summed E-state index contributed by atoms with van der Waals surface area (Å²) in [5.41, 5.74) is 0.798. The first-order valence-corrected chi connectivity index (χ1v) is 12.6. The van der Waals surface area contributed by atoms with Gasteiger partial charge >= 0.3 is 0 Å². The van der Waals surface area contributed by atoms with Crippen LogP contribution < -0.4 is 31.5 Å². The summed E-state index contributed by atoms with van der Waals surface area (Å²) >= 11 is 0. The summed E-state index contributed by atoms with van der Waals surface area (Å²) in [7, 11) is -3.70. The van der Waals surface area contributed by atoms with Crippen LogP contribution in [0.5, 0.6) is 0 Å². The van der Waals surface area contributed by atoms with Crippen molar-refractivity contribution in [2.24, 2.45) is 0 Å². The SMILES string of the molecule is Cc1ccc(S(=O)(=O)Nc2ccc(Nc3nccc(Nc4c(NC(C)(C)C)c(=O)c4=O)n3)cc2)cc1. The topological polar surface area (TPSA) is 142 Å². The van der Waals surface area contributed by atoms with E-state index in [0.717, 1.165) is 5.56 Å². The second kappa shape index (κ2) is 9.42. The Balaban J connectivity index is 1.44. The number of nitrogens with one attached hydrogen (secondary N) is 4. The zero-order chi connectivity index (χ0) is 26.1. The van der Waals surface area contributed by atoms with Gasteiger partial charge in [-0.15, -0.1) is 0 Å². The van der Waals surface area contributed by atoms with Crippen molar-refractivity contribution in [1.82, 2.24) is 9.97 Å². The lowest BCUT2D eigenvalue weighted by molar-refractivity contribution is 0.601. The van der Waals surface area contributed by atoms with Gasteiger partial charge in [0.05, 0.1) is 4.90 Å². The van der Waals surface area contributed by atoms with E-state index in [1.807, 2.05) is 27.7 Å². The largest absolute Gasteiger partial charge is 0.375 e. The molecule has 4 N–H and O–H groups in total. The number of rotatable bonds is 8. The van der Waals surface area contributed by atoms with Gasteiger partial charge in [0.2, 0.25) is 5.95 Å². The number of anilines is 6. The van der Waals surface area contributed by atoms with Gasteiger partial charge in [-0.3, -0.25) is 14.3 Å². The van der Waals surface area contributed by atoms with Gasteiger partial charge in [0.1, 0.15) is 17.2 Å². The van der Waals surface area contributed by atoms with Crippen molar-refractivity contribution in [3.63, 3.8) is 0 Å². The van der Waals surface area contributed by atoms with Crippen LogP contribution in [0, 0.1) is 6.92 Å². The van der Waals surface area contributed by atoms with E-state index in [0.29, 0.717) is 17.2 Å². The quantitative estimate of drug-likeness (QED) is 0.262. The number of hydrogen-bond donors (Lipinski definition) is 4. The smallest absolute Gasteiger partial charge is 0.261 e. The first-order valence-electron chi connectivity index (χ1n) is 11.1.